The molecule has 42 heavy (non-hydrogen) atoms. The van der Waals surface area contributed by atoms with Crippen molar-refractivity contribution in [3.63, 3.8) is 0 Å². The Bertz CT molecular complexity index is 1410. The van der Waals surface area contributed by atoms with E-state index in [1.165, 1.54) is 11.0 Å². The van der Waals surface area contributed by atoms with Gasteiger partial charge in [-0.3, -0.25) is 24.0 Å². The van der Waals surface area contributed by atoms with E-state index < -0.39 is 65.2 Å². The first kappa shape index (κ1) is 29.0. The minimum absolute atomic E-state index is 0.00822. The molecule has 3 aliphatic heterocycles. The number of nitrogens with zero attached hydrogens (tertiary/aromatic N) is 2. The molecule has 5 amide bonds. The van der Waals surface area contributed by atoms with Gasteiger partial charge < -0.3 is 30.9 Å². The number of hydrogen-bond acceptors (Lipinski definition) is 6. The summed E-state index contributed by atoms with van der Waals surface area (Å²) in [5, 5.41) is 5.35. The highest BCUT2D eigenvalue weighted by Crippen LogP contribution is 2.46. The van der Waals surface area contributed by atoms with E-state index in [1.54, 1.807) is 24.3 Å². The van der Waals surface area contributed by atoms with E-state index in [0.29, 0.717) is 49.8 Å². The number of carbonyl (C=O) groups is 5. The highest BCUT2D eigenvalue weighted by molar-refractivity contribution is 6.35. The van der Waals surface area contributed by atoms with E-state index in [0.717, 1.165) is 11.0 Å². The topological polar surface area (TPSA) is 151 Å². The van der Waals surface area contributed by atoms with Crippen LogP contribution in [0.4, 0.5) is 14.5 Å². The molecular weight excluding hydrogens is 552 g/mol. The van der Waals surface area contributed by atoms with E-state index in [9.17, 15) is 32.8 Å². The lowest BCUT2D eigenvalue weighted by atomic mass is 10.0. The van der Waals surface area contributed by atoms with Gasteiger partial charge in [-0.05, 0) is 62.4 Å². The fraction of sp³-hybridized carbons (Fsp3) is 0.414. The number of amides is 5. The smallest absolute Gasteiger partial charge is 0.312 e. The number of nitrogens with one attached hydrogen (secondary N) is 2. The predicted octanol–water partition coefficient (Wildman–Crippen LogP) is 1.41. The van der Waals surface area contributed by atoms with Crippen molar-refractivity contribution in [1.82, 2.24) is 15.1 Å². The first-order valence-corrected chi connectivity index (χ1v) is 13.8. The molecule has 11 nitrogen and oxygen atoms in total. The molecule has 0 aromatic heterocycles. The molecule has 2 atom stereocenters. The molecule has 2 aromatic rings. The van der Waals surface area contributed by atoms with Crippen molar-refractivity contribution in [2.75, 3.05) is 31.6 Å². The summed E-state index contributed by atoms with van der Waals surface area (Å²) in [5.74, 6) is -5.66. The number of anilines is 1. The quantitative estimate of drug-likeness (QED) is 0.465. The number of fused-ring (bicyclic) bond motifs is 10. The summed E-state index contributed by atoms with van der Waals surface area (Å²) in [6.07, 6.45) is 1.57. The van der Waals surface area contributed by atoms with Gasteiger partial charge in [0.2, 0.25) is 17.7 Å². The zero-order valence-electron chi connectivity index (χ0n) is 22.7. The van der Waals surface area contributed by atoms with E-state index in [1.807, 2.05) is 0 Å². The van der Waals surface area contributed by atoms with E-state index in [2.05, 4.69) is 10.6 Å². The first-order chi connectivity index (χ1) is 20.1. The molecule has 3 heterocycles. The highest BCUT2D eigenvalue weighted by atomic mass is 19.1. The average molecular weight is 584 g/mol. The number of ether oxygens (including phenoxy) is 1. The fourth-order valence-electron chi connectivity index (χ4n) is 5.43. The number of benzene rings is 2. The van der Waals surface area contributed by atoms with Gasteiger partial charge in [0, 0.05) is 30.4 Å². The van der Waals surface area contributed by atoms with Crippen LogP contribution in [0.25, 0.3) is 0 Å². The van der Waals surface area contributed by atoms with E-state index in [-0.39, 0.29) is 25.1 Å². The van der Waals surface area contributed by atoms with Gasteiger partial charge in [0.05, 0.1) is 18.1 Å². The Labute approximate surface area is 240 Å². The average Bonchev–Trinajstić information content (AvgIpc) is 3.56. The molecule has 1 aliphatic carbocycles. The van der Waals surface area contributed by atoms with Crippen LogP contribution in [0.15, 0.2) is 42.5 Å². The third kappa shape index (κ3) is 6.19. The lowest BCUT2D eigenvalue weighted by molar-refractivity contribution is -0.149. The molecular formula is C29H31F2N5O6. The number of halogens is 2. The van der Waals surface area contributed by atoms with Crippen LogP contribution in [0.5, 0.6) is 5.75 Å². The molecule has 0 radical (unpaired) electrons. The Morgan fingerprint density at radius 3 is 2.45 bits per heavy atom. The second kappa shape index (κ2) is 11.7. The number of rotatable bonds is 3. The largest absolute Gasteiger partial charge is 0.494 e. The number of hydrogen-bond donors (Lipinski definition) is 3. The summed E-state index contributed by atoms with van der Waals surface area (Å²) in [6, 6.07) is 8.71. The van der Waals surface area contributed by atoms with Crippen LogP contribution in [0.2, 0.25) is 0 Å². The Kier molecular flexibility index (Phi) is 8.10. The second-order valence-corrected chi connectivity index (χ2v) is 10.9. The summed E-state index contributed by atoms with van der Waals surface area (Å²) in [5.41, 5.74) is 5.00. The molecule has 2 fully saturated rings. The van der Waals surface area contributed by atoms with Crippen LogP contribution < -0.4 is 21.1 Å². The van der Waals surface area contributed by atoms with Crippen LogP contribution in [0, 0.1) is 17.6 Å². The minimum atomic E-state index is -1.15. The maximum atomic E-state index is 14.5. The Hall–Kier alpha value is -4.55. The van der Waals surface area contributed by atoms with Crippen molar-refractivity contribution in [1.29, 1.82) is 0 Å². The normalized spacial score (nSPS) is 22.1. The lowest BCUT2D eigenvalue weighted by Gasteiger charge is -2.28. The summed E-state index contributed by atoms with van der Waals surface area (Å²) in [4.78, 5) is 67.3. The van der Waals surface area contributed by atoms with Gasteiger partial charge in [0.15, 0.2) is 0 Å². The summed E-state index contributed by atoms with van der Waals surface area (Å²) >= 11 is 0. The molecule has 6 rings (SSSR count). The Morgan fingerprint density at radius 2 is 1.79 bits per heavy atom. The van der Waals surface area contributed by atoms with Gasteiger partial charge >= 0.3 is 11.8 Å². The second-order valence-electron chi connectivity index (χ2n) is 10.9. The lowest BCUT2D eigenvalue weighted by Crippen LogP contribution is -2.52. The van der Waals surface area contributed by atoms with Gasteiger partial charge in [0.1, 0.15) is 30.0 Å². The molecule has 2 unspecified atom stereocenters. The molecule has 4 bridgehead atoms. The van der Waals surface area contributed by atoms with E-state index in [4.69, 9.17) is 10.5 Å². The highest BCUT2D eigenvalue weighted by Gasteiger charge is 2.49. The van der Waals surface area contributed by atoms with Crippen molar-refractivity contribution < 1.29 is 37.5 Å². The molecule has 4 N–H and O–H groups in total. The number of nitrogens with two attached hydrogens (primary N) is 1. The number of primary amides is 1. The maximum absolute atomic E-state index is 14.5. The predicted molar refractivity (Wildman–Crippen MR) is 145 cm³/mol. The van der Waals surface area contributed by atoms with Gasteiger partial charge in [0.25, 0.3) is 0 Å². The molecule has 2 aromatic carbocycles. The van der Waals surface area contributed by atoms with Crippen molar-refractivity contribution in [3.8, 4) is 5.75 Å². The van der Waals surface area contributed by atoms with E-state index >= 15 is 0 Å². The third-order valence-corrected chi connectivity index (χ3v) is 7.89. The van der Waals surface area contributed by atoms with Crippen molar-refractivity contribution in [2.24, 2.45) is 11.7 Å². The zero-order valence-corrected chi connectivity index (χ0v) is 22.7. The fourth-order valence-corrected chi connectivity index (χ4v) is 5.43. The summed E-state index contributed by atoms with van der Waals surface area (Å²) in [7, 11) is 0. The van der Waals surface area contributed by atoms with Crippen LogP contribution in [0.3, 0.4) is 0 Å². The first-order valence-electron chi connectivity index (χ1n) is 13.8. The van der Waals surface area contributed by atoms with Crippen molar-refractivity contribution in [3.05, 3.63) is 59.7 Å². The standard InChI is InChI=1S/C29H31F2N5O6/c30-18-3-8-21(22(31)14-18)29(9-10-29)34-27(40)28(41)35-11-1-2-12-42-20-6-4-19(5-7-20)33-26(39)17-13-23(25(32)38)36(15-17)24(37)16-35/h3-8,14,17,23H,1-2,9-13,15-16H2,(H2,32,38)(H,33,39)(H,34,40). The van der Waals surface area contributed by atoms with Crippen LogP contribution in [-0.2, 0) is 29.5 Å². The Morgan fingerprint density at radius 1 is 1.05 bits per heavy atom. The van der Waals surface area contributed by atoms with Gasteiger partial charge in [-0.25, -0.2) is 8.78 Å². The minimum Gasteiger partial charge on any atom is -0.494 e. The molecule has 0 spiro atoms. The van der Waals surface area contributed by atoms with Crippen LogP contribution >= 0.6 is 0 Å². The molecule has 1 saturated carbocycles. The molecule has 13 heteroatoms. The van der Waals surface area contributed by atoms with Gasteiger partial charge in [-0.2, -0.15) is 0 Å². The van der Waals surface area contributed by atoms with Gasteiger partial charge in [-0.1, -0.05) is 6.07 Å². The number of carbonyl (C=O) groups excluding carboxylic acids is 5. The van der Waals surface area contributed by atoms with Crippen LogP contribution in [-0.4, -0.2) is 71.6 Å². The van der Waals surface area contributed by atoms with Gasteiger partial charge in [-0.15, -0.1) is 0 Å². The summed E-state index contributed by atoms with van der Waals surface area (Å²) < 4.78 is 33.6. The molecule has 4 aliphatic rings. The van der Waals surface area contributed by atoms with Crippen molar-refractivity contribution in [2.45, 2.75) is 43.7 Å². The molecule has 1 saturated heterocycles. The third-order valence-electron chi connectivity index (χ3n) is 7.89. The Balaban J connectivity index is 1.35. The monoisotopic (exact) mass is 583 g/mol. The summed E-state index contributed by atoms with van der Waals surface area (Å²) in [6.45, 7) is -0.336. The van der Waals surface area contributed by atoms with Crippen molar-refractivity contribution >= 4 is 35.2 Å². The zero-order chi connectivity index (χ0) is 30.0. The maximum Gasteiger partial charge on any atom is 0.312 e. The molecule has 222 valence electrons. The van der Waals surface area contributed by atoms with Crippen LogP contribution in [0.1, 0.15) is 37.7 Å². The SMILES string of the molecule is NC(=O)C1CC2CN1C(=O)CN(C(=O)C(=O)NC1(c3ccc(F)cc3F)CC1)CCCCOc1ccc(cc1)NC2=O.